The summed E-state index contributed by atoms with van der Waals surface area (Å²) in [5.41, 5.74) is 6.27. The Kier molecular flexibility index (Phi) is 9.53. The zero-order valence-corrected chi connectivity index (χ0v) is 13.5. The zero-order chi connectivity index (χ0) is 15.7. The standard InChI is InChI=1S/C14H21N3O4.ClH/c1-10(18)16-5-7-20-13-4-3-12(15)9-14(13)21-8-6-17-11(2)19;/h3-4,9H,5-8,15H2,1-2H3,(H,16,18)(H,17,19);1H. The van der Waals surface area contributed by atoms with Gasteiger partial charge >= 0.3 is 0 Å². The van der Waals surface area contributed by atoms with E-state index in [1.807, 2.05) is 0 Å². The van der Waals surface area contributed by atoms with E-state index in [0.717, 1.165) is 0 Å². The van der Waals surface area contributed by atoms with E-state index < -0.39 is 0 Å². The Bertz CT molecular complexity index is 497. The van der Waals surface area contributed by atoms with Crippen molar-refractivity contribution >= 4 is 29.9 Å². The predicted octanol–water partition coefficient (Wildman–Crippen LogP) is 0.720. The first-order chi connectivity index (χ1) is 9.99. The minimum absolute atomic E-state index is 0. The number of amides is 2. The van der Waals surface area contributed by atoms with Crippen molar-refractivity contribution in [3.05, 3.63) is 18.2 Å². The van der Waals surface area contributed by atoms with E-state index >= 15 is 0 Å². The van der Waals surface area contributed by atoms with Gasteiger partial charge in [-0.15, -0.1) is 12.4 Å². The molecule has 124 valence electrons. The van der Waals surface area contributed by atoms with E-state index in [0.29, 0.717) is 43.5 Å². The third-order valence-electron chi connectivity index (χ3n) is 2.43. The lowest BCUT2D eigenvalue weighted by Crippen LogP contribution is -2.26. The molecule has 0 saturated heterocycles. The molecule has 0 unspecified atom stereocenters. The van der Waals surface area contributed by atoms with Gasteiger partial charge in [-0.05, 0) is 12.1 Å². The minimum Gasteiger partial charge on any atom is -0.488 e. The molecular weight excluding hydrogens is 310 g/mol. The smallest absolute Gasteiger partial charge is 0.216 e. The highest BCUT2D eigenvalue weighted by atomic mass is 35.5. The fraction of sp³-hybridized carbons (Fsp3) is 0.429. The molecule has 0 aromatic heterocycles. The van der Waals surface area contributed by atoms with Crippen LogP contribution in [-0.2, 0) is 9.59 Å². The van der Waals surface area contributed by atoms with Gasteiger partial charge in [-0.2, -0.15) is 0 Å². The Labute approximate surface area is 135 Å². The number of hydrogen-bond donors (Lipinski definition) is 3. The first-order valence-electron chi connectivity index (χ1n) is 6.63. The van der Waals surface area contributed by atoms with Crippen molar-refractivity contribution in [2.24, 2.45) is 0 Å². The minimum atomic E-state index is -0.113. The summed E-state index contributed by atoms with van der Waals surface area (Å²) < 4.78 is 11.1. The van der Waals surface area contributed by atoms with Crippen molar-refractivity contribution in [2.75, 3.05) is 32.0 Å². The number of nitrogens with two attached hydrogens (primary N) is 1. The molecule has 22 heavy (non-hydrogen) atoms. The average Bonchev–Trinajstić information content (AvgIpc) is 2.41. The van der Waals surface area contributed by atoms with Crippen LogP contribution >= 0.6 is 12.4 Å². The molecule has 1 aromatic carbocycles. The van der Waals surface area contributed by atoms with E-state index in [1.165, 1.54) is 13.8 Å². The van der Waals surface area contributed by atoms with Gasteiger partial charge in [0, 0.05) is 25.6 Å². The van der Waals surface area contributed by atoms with Gasteiger partial charge in [0.2, 0.25) is 11.8 Å². The summed E-state index contributed by atoms with van der Waals surface area (Å²) >= 11 is 0. The Hall–Kier alpha value is -2.15. The van der Waals surface area contributed by atoms with Crippen LogP contribution in [0.3, 0.4) is 0 Å². The van der Waals surface area contributed by atoms with Crippen LogP contribution in [0.1, 0.15) is 13.8 Å². The van der Waals surface area contributed by atoms with Crippen LogP contribution in [-0.4, -0.2) is 38.1 Å². The summed E-state index contributed by atoms with van der Waals surface area (Å²) in [7, 11) is 0. The largest absolute Gasteiger partial charge is 0.488 e. The number of benzene rings is 1. The summed E-state index contributed by atoms with van der Waals surface area (Å²) in [5, 5.41) is 5.27. The Morgan fingerprint density at radius 2 is 1.50 bits per heavy atom. The van der Waals surface area contributed by atoms with E-state index in [1.54, 1.807) is 18.2 Å². The Morgan fingerprint density at radius 3 is 2.00 bits per heavy atom. The molecule has 0 fully saturated rings. The molecule has 2 amide bonds. The lowest BCUT2D eigenvalue weighted by Gasteiger charge is -2.13. The van der Waals surface area contributed by atoms with Crippen molar-refractivity contribution in [1.29, 1.82) is 0 Å². The van der Waals surface area contributed by atoms with Gasteiger partial charge in [-0.3, -0.25) is 9.59 Å². The van der Waals surface area contributed by atoms with Crippen molar-refractivity contribution < 1.29 is 19.1 Å². The number of hydrogen-bond acceptors (Lipinski definition) is 5. The number of nitrogens with one attached hydrogen (secondary N) is 2. The highest BCUT2D eigenvalue weighted by molar-refractivity contribution is 5.85. The summed E-state index contributed by atoms with van der Waals surface area (Å²) in [6.45, 7) is 4.33. The second-order valence-electron chi connectivity index (χ2n) is 4.37. The summed E-state index contributed by atoms with van der Waals surface area (Å²) in [5.74, 6) is 0.821. The molecule has 0 heterocycles. The molecule has 8 heteroatoms. The van der Waals surface area contributed by atoms with Gasteiger partial charge in [-0.1, -0.05) is 0 Å². The van der Waals surface area contributed by atoms with Gasteiger partial charge in [0.1, 0.15) is 13.2 Å². The van der Waals surface area contributed by atoms with Crippen LogP contribution < -0.4 is 25.8 Å². The van der Waals surface area contributed by atoms with Gasteiger partial charge < -0.3 is 25.8 Å². The first-order valence-corrected chi connectivity index (χ1v) is 6.63. The molecule has 1 aromatic rings. The van der Waals surface area contributed by atoms with E-state index in [-0.39, 0.29) is 24.2 Å². The highest BCUT2D eigenvalue weighted by Gasteiger charge is 2.06. The fourth-order valence-electron chi connectivity index (χ4n) is 1.53. The molecule has 4 N–H and O–H groups in total. The van der Waals surface area contributed by atoms with Crippen molar-refractivity contribution in [3.63, 3.8) is 0 Å². The maximum absolute atomic E-state index is 10.8. The molecular formula is C14H22ClN3O4. The van der Waals surface area contributed by atoms with E-state index in [4.69, 9.17) is 15.2 Å². The normalized spacial score (nSPS) is 9.36. The third kappa shape index (κ3) is 8.21. The first kappa shape index (κ1) is 19.9. The maximum atomic E-state index is 10.8. The lowest BCUT2D eigenvalue weighted by atomic mass is 10.3. The highest BCUT2D eigenvalue weighted by Crippen LogP contribution is 2.29. The molecule has 0 aliphatic rings. The van der Waals surface area contributed by atoms with E-state index in [2.05, 4.69) is 10.6 Å². The number of anilines is 1. The topological polar surface area (TPSA) is 103 Å². The van der Waals surface area contributed by atoms with Crippen molar-refractivity contribution in [3.8, 4) is 11.5 Å². The Balaban J connectivity index is 0.00000441. The van der Waals surface area contributed by atoms with Crippen LogP contribution in [0, 0.1) is 0 Å². The second kappa shape index (κ2) is 10.6. The molecule has 1 rings (SSSR count). The van der Waals surface area contributed by atoms with Crippen molar-refractivity contribution in [2.45, 2.75) is 13.8 Å². The summed E-state index contributed by atoms with van der Waals surface area (Å²) in [6.07, 6.45) is 0. The predicted molar refractivity (Wildman–Crippen MR) is 86.5 cm³/mol. The molecule has 0 saturated carbocycles. The van der Waals surface area contributed by atoms with Crippen LogP contribution in [0.2, 0.25) is 0 Å². The van der Waals surface area contributed by atoms with Gasteiger partial charge in [0.15, 0.2) is 11.5 Å². The molecule has 0 spiro atoms. The van der Waals surface area contributed by atoms with E-state index in [9.17, 15) is 9.59 Å². The van der Waals surface area contributed by atoms with Crippen LogP contribution in [0.5, 0.6) is 11.5 Å². The number of nitrogen functional groups attached to an aromatic ring is 1. The van der Waals surface area contributed by atoms with Crippen molar-refractivity contribution in [1.82, 2.24) is 10.6 Å². The molecule has 0 atom stereocenters. The number of rotatable bonds is 8. The molecule has 0 aliphatic carbocycles. The fourth-order valence-corrected chi connectivity index (χ4v) is 1.53. The van der Waals surface area contributed by atoms with Crippen LogP contribution in [0.25, 0.3) is 0 Å². The number of carbonyl (C=O) groups excluding carboxylic acids is 2. The summed E-state index contributed by atoms with van der Waals surface area (Å²) in [4.78, 5) is 21.5. The van der Waals surface area contributed by atoms with Crippen LogP contribution in [0.15, 0.2) is 18.2 Å². The summed E-state index contributed by atoms with van der Waals surface area (Å²) in [6, 6.07) is 5.06. The van der Waals surface area contributed by atoms with Gasteiger partial charge in [0.25, 0.3) is 0 Å². The molecule has 0 aliphatic heterocycles. The third-order valence-corrected chi connectivity index (χ3v) is 2.43. The lowest BCUT2D eigenvalue weighted by molar-refractivity contribution is -0.119. The monoisotopic (exact) mass is 331 g/mol. The molecule has 7 nitrogen and oxygen atoms in total. The second-order valence-corrected chi connectivity index (χ2v) is 4.37. The zero-order valence-electron chi connectivity index (χ0n) is 12.7. The number of halogens is 1. The number of ether oxygens (including phenoxy) is 2. The van der Waals surface area contributed by atoms with Gasteiger partial charge in [-0.25, -0.2) is 0 Å². The number of carbonyl (C=O) groups is 2. The Morgan fingerprint density at radius 1 is 1.00 bits per heavy atom. The maximum Gasteiger partial charge on any atom is 0.216 e. The molecule has 0 radical (unpaired) electrons. The van der Waals surface area contributed by atoms with Crippen LogP contribution in [0.4, 0.5) is 5.69 Å². The molecule has 0 bridgehead atoms. The average molecular weight is 332 g/mol. The van der Waals surface area contributed by atoms with Gasteiger partial charge in [0.05, 0.1) is 13.1 Å². The SMILES string of the molecule is CC(=O)NCCOc1ccc(N)cc1OCCNC(C)=O.Cl. The quantitative estimate of drug-likeness (QED) is 0.481.